The fourth-order valence-corrected chi connectivity index (χ4v) is 4.66. The van der Waals surface area contributed by atoms with Gasteiger partial charge in [-0.05, 0) is 24.0 Å². The molecule has 0 unspecified atom stereocenters. The predicted molar refractivity (Wildman–Crippen MR) is 84.3 cm³/mol. The standard InChI is InChI=1S/C16H11NOS2/c1-19-16-12(10-6-3-2-4-7-10)13-15(20-16)14(18)11-8-5-9-17(11)13/h2-9H,1H3. The van der Waals surface area contributed by atoms with Crippen LogP contribution in [-0.2, 0) is 0 Å². The number of nitrogens with zero attached hydrogens (tertiary/aromatic N) is 1. The summed E-state index contributed by atoms with van der Waals surface area (Å²) in [5.41, 5.74) is 4.18. The van der Waals surface area contributed by atoms with Gasteiger partial charge in [-0.2, -0.15) is 0 Å². The maximum Gasteiger partial charge on any atom is 0.221 e. The smallest absolute Gasteiger partial charge is 0.221 e. The molecule has 0 bridgehead atoms. The number of hydrogen-bond donors (Lipinski definition) is 0. The molecular formula is C16H11NOS2. The number of carbonyl (C=O) groups is 1. The number of ketones is 1. The predicted octanol–water partition coefficient (Wildman–Crippen LogP) is 4.47. The summed E-state index contributed by atoms with van der Waals surface area (Å²) in [7, 11) is 0. The molecule has 98 valence electrons. The van der Waals surface area contributed by atoms with Crippen LogP contribution in [0.15, 0.2) is 52.9 Å². The lowest BCUT2D eigenvalue weighted by Crippen LogP contribution is -1.94. The molecule has 3 heterocycles. The Labute approximate surface area is 125 Å². The van der Waals surface area contributed by atoms with Gasteiger partial charge in [0.2, 0.25) is 5.78 Å². The molecule has 1 aliphatic rings. The molecule has 0 saturated carbocycles. The Morgan fingerprint density at radius 3 is 2.65 bits per heavy atom. The van der Waals surface area contributed by atoms with Crippen molar-refractivity contribution in [3.63, 3.8) is 0 Å². The lowest BCUT2D eigenvalue weighted by molar-refractivity contribution is 0.104. The maximum absolute atomic E-state index is 12.4. The van der Waals surface area contributed by atoms with Crippen LogP contribution >= 0.6 is 23.1 Å². The van der Waals surface area contributed by atoms with E-state index in [-0.39, 0.29) is 5.78 Å². The highest BCUT2D eigenvalue weighted by Crippen LogP contribution is 2.47. The van der Waals surface area contributed by atoms with E-state index in [1.54, 1.807) is 23.1 Å². The first-order valence-corrected chi connectivity index (χ1v) is 8.34. The molecule has 0 atom stereocenters. The molecule has 20 heavy (non-hydrogen) atoms. The zero-order valence-electron chi connectivity index (χ0n) is 10.8. The third-order valence-corrected chi connectivity index (χ3v) is 5.82. The molecule has 1 aromatic carbocycles. The first kappa shape index (κ1) is 12.0. The van der Waals surface area contributed by atoms with Gasteiger partial charge in [-0.3, -0.25) is 4.79 Å². The first-order chi connectivity index (χ1) is 9.81. The van der Waals surface area contributed by atoms with Gasteiger partial charge in [0, 0.05) is 11.8 Å². The van der Waals surface area contributed by atoms with Crippen LogP contribution in [-0.4, -0.2) is 16.6 Å². The Balaban J connectivity index is 2.07. The lowest BCUT2D eigenvalue weighted by atomic mass is 10.1. The van der Waals surface area contributed by atoms with Gasteiger partial charge in [-0.25, -0.2) is 0 Å². The van der Waals surface area contributed by atoms with E-state index in [2.05, 4.69) is 18.4 Å². The van der Waals surface area contributed by atoms with Crippen LogP contribution in [0.3, 0.4) is 0 Å². The van der Waals surface area contributed by atoms with Crippen molar-refractivity contribution in [1.82, 2.24) is 4.57 Å². The van der Waals surface area contributed by atoms with Gasteiger partial charge in [0.1, 0.15) is 4.88 Å². The van der Waals surface area contributed by atoms with Crippen molar-refractivity contribution in [2.45, 2.75) is 4.21 Å². The highest BCUT2D eigenvalue weighted by Gasteiger charge is 2.33. The fraction of sp³-hybridized carbons (Fsp3) is 0.0625. The largest absolute Gasteiger partial charge is 0.311 e. The summed E-state index contributed by atoms with van der Waals surface area (Å²) < 4.78 is 3.23. The van der Waals surface area contributed by atoms with E-state index in [0.29, 0.717) is 0 Å². The number of hydrogen-bond acceptors (Lipinski definition) is 3. The summed E-state index contributed by atoms with van der Waals surface area (Å²) in [4.78, 5) is 13.3. The van der Waals surface area contributed by atoms with Crippen LogP contribution < -0.4 is 0 Å². The first-order valence-electron chi connectivity index (χ1n) is 6.30. The Morgan fingerprint density at radius 1 is 1.10 bits per heavy atom. The van der Waals surface area contributed by atoms with E-state index >= 15 is 0 Å². The highest BCUT2D eigenvalue weighted by atomic mass is 32.2. The van der Waals surface area contributed by atoms with Crippen molar-refractivity contribution >= 4 is 28.9 Å². The number of benzene rings is 1. The Morgan fingerprint density at radius 2 is 1.90 bits per heavy atom. The van der Waals surface area contributed by atoms with E-state index in [9.17, 15) is 4.79 Å². The SMILES string of the molecule is CSc1sc2c(c1-c1ccccc1)-n1cccc1C2=O. The Hall–Kier alpha value is -1.78. The van der Waals surface area contributed by atoms with E-state index in [1.807, 2.05) is 41.1 Å². The van der Waals surface area contributed by atoms with Crippen molar-refractivity contribution in [1.29, 1.82) is 0 Å². The summed E-state index contributed by atoms with van der Waals surface area (Å²) in [6.07, 6.45) is 4.04. The summed E-state index contributed by atoms with van der Waals surface area (Å²) in [6, 6.07) is 14.1. The summed E-state index contributed by atoms with van der Waals surface area (Å²) in [5, 5.41) is 0. The molecule has 1 aliphatic heterocycles. The number of carbonyl (C=O) groups excluding carboxylic acids is 1. The normalized spacial score (nSPS) is 12.6. The minimum absolute atomic E-state index is 0.146. The third kappa shape index (κ3) is 1.49. The molecule has 4 heteroatoms. The number of fused-ring (bicyclic) bond motifs is 3. The van der Waals surface area contributed by atoms with Crippen molar-refractivity contribution in [2.75, 3.05) is 6.26 Å². The molecule has 3 aromatic rings. The Bertz CT molecular complexity index is 814. The van der Waals surface area contributed by atoms with Gasteiger partial charge in [0.15, 0.2) is 0 Å². The minimum atomic E-state index is 0.146. The van der Waals surface area contributed by atoms with Crippen molar-refractivity contribution in [2.24, 2.45) is 0 Å². The molecule has 0 saturated heterocycles. The molecule has 0 N–H and O–H groups in total. The van der Waals surface area contributed by atoms with E-state index in [1.165, 1.54) is 15.3 Å². The number of aromatic nitrogens is 1. The second-order valence-corrected chi connectivity index (χ2v) is 6.70. The van der Waals surface area contributed by atoms with Crippen molar-refractivity contribution < 1.29 is 4.79 Å². The van der Waals surface area contributed by atoms with Crippen LogP contribution in [0.1, 0.15) is 15.4 Å². The zero-order valence-corrected chi connectivity index (χ0v) is 12.4. The monoisotopic (exact) mass is 297 g/mol. The van der Waals surface area contributed by atoms with Crippen molar-refractivity contribution in [3.05, 3.63) is 59.2 Å². The fourth-order valence-electron chi connectivity index (χ4n) is 2.67. The maximum atomic E-state index is 12.4. The van der Waals surface area contributed by atoms with Crippen LogP contribution in [0, 0.1) is 0 Å². The molecule has 0 radical (unpaired) electrons. The van der Waals surface area contributed by atoms with E-state index < -0.39 is 0 Å². The number of rotatable bonds is 2. The number of thiophene rings is 1. The third-order valence-electron chi connectivity index (χ3n) is 3.53. The lowest BCUT2D eigenvalue weighted by Gasteiger charge is -2.07. The average Bonchev–Trinajstić information content (AvgIpc) is 3.15. The summed E-state index contributed by atoms with van der Waals surface area (Å²) >= 11 is 3.31. The van der Waals surface area contributed by atoms with Gasteiger partial charge >= 0.3 is 0 Å². The zero-order chi connectivity index (χ0) is 13.7. The molecule has 0 fully saturated rings. The molecular weight excluding hydrogens is 286 g/mol. The van der Waals surface area contributed by atoms with Gasteiger partial charge in [-0.1, -0.05) is 30.3 Å². The molecule has 4 rings (SSSR count). The van der Waals surface area contributed by atoms with Gasteiger partial charge in [0.25, 0.3) is 0 Å². The minimum Gasteiger partial charge on any atom is -0.311 e. The topological polar surface area (TPSA) is 22.0 Å². The van der Waals surface area contributed by atoms with Crippen LogP contribution in [0.2, 0.25) is 0 Å². The highest BCUT2D eigenvalue weighted by molar-refractivity contribution is 8.00. The summed E-state index contributed by atoms with van der Waals surface area (Å²) in [5.74, 6) is 0.146. The van der Waals surface area contributed by atoms with Gasteiger partial charge in [0.05, 0.1) is 15.6 Å². The molecule has 0 spiro atoms. The van der Waals surface area contributed by atoms with Gasteiger partial charge < -0.3 is 4.57 Å². The van der Waals surface area contributed by atoms with Crippen molar-refractivity contribution in [3.8, 4) is 16.8 Å². The quantitative estimate of drug-likeness (QED) is 0.509. The van der Waals surface area contributed by atoms with E-state index in [4.69, 9.17) is 0 Å². The molecule has 0 aliphatic carbocycles. The second-order valence-electron chi connectivity index (χ2n) is 4.60. The van der Waals surface area contributed by atoms with Crippen LogP contribution in [0.4, 0.5) is 0 Å². The van der Waals surface area contributed by atoms with Crippen LogP contribution in [0.25, 0.3) is 16.8 Å². The average molecular weight is 297 g/mol. The molecule has 2 nitrogen and oxygen atoms in total. The van der Waals surface area contributed by atoms with E-state index in [0.717, 1.165) is 16.3 Å². The van der Waals surface area contributed by atoms with Gasteiger partial charge in [-0.15, -0.1) is 23.1 Å². The molecule has 0 amide bonds. The van der Waals surface area contributed by atoms with Crippen LogP contribution in [0.5, 0.6) is 0 Å². The Kier molecular flexibility index (Phi) is 2.62. The number of thioether (sulfide) groups is 1. The second kappa shape index (κ2) is 4.36. The molecule has 2 aromatic heterocycles. The summed E-state index contributed by atoms with van der Waals surface area (Å²) in [6.45, 7) is 0.